The standard InChI is InChI=1S/C22H22O4/c1-3-4-16(14-22(23)24)15-5-8-18(9-6-15)26-21-12-7-17-13-19(25-2)10-11-20(17)21/h5-6,8-11,13,16,21H,7,12,14H2,1-2H3,(H,23,24). The zero-order chi connectivity index (χ0) is 18.5. The summed E-state index contributed by atoms with van der Waals surface area (Å²) in [5.41, 5.74) is 3.37. The molecule has 0 radical (unpaired) electrons. The average molecular weight is 350 g/mol. The van der Waals surface area contributed by atoms with Gasteiger partial charge in [-0.05, 0) is 60.7 Å². The summed E-state index contributed by atoms with van der Waals surface area (Å²) in [7, 11) is 1.67. The van der Waals surface area contributed by atoms with E-state index < -0.39 is 5.97 Å². The number of carboxylic acid groups (broad SMARTS) is 1. The molecule has 1 N–H and O–H groups in total. The molecule has 1 aliphatic carbocycles. The Morgan fingerprint density at radius 3 is 2.62 bits per heavy atom. The zero-order valence-electron chi connectivity index (χ0n) is 15.0. The van der Waals surface area contributed by atoms with Crippen molar-refractivity contribution >= 4 is 5.97 Å². The maximum Gasteiger partial charge on any atom is 0.304 e. The van der Waals surface area contributed by atoms with E-state index in [9.17, 15) is 4.79 Å². The first-order chi connectivity index (χ1) is 12.6. The van der Waals surface area contributed by atoms with Crippen molar-refractivity contribution < 1.29 is 19.4 Å². The minimum atomic E-state index is -0.851. The van der Waals surface area contributed by atoms with Crippen molar-refractivity contribution in [3.8, 4) is 23.3 Å². The summed E-state index contributed by atoms with van der Waals surface area (Å²) < 4.78 is 11.4. The molecule has 2 unspecified atom stereocenters. The maximum absolute atomic E-state index is 11.0. The molecule has 0 bridgehead atoms. The Kier molecular flexibility index (Phi) is 5.48. The second-order valence-corrected chi connectivity index (χ2v) is 6.32. The highest BCUT2D eigenvalue weighted by Gasteiger charge is 2.24. The fourth-order valence-corrected chi connectivity index (χ4v) is 3.35. The van der Waals surface area contributed by atoms with E-state index >= 15 is 0 Å². The monoisotopic (exact) mass is 350 g/mol. The van der Waals surface area contributed by atoms with Gasteiger partial charge in [0.05, 0.1) is 19.4 Å². The fourth-order valence-electron chi connectivity index (χ4n) is 3.35. The van der Waals surface area contributed by atoms with Crippen molar-refractivity contribution in [1.29, 1.82) is 0 Å². The van der Waals surface area contributed by atoms with Crippen LogP contribution >= 0.6 is 0 Å². The molecular formula is C22H22O4. The van der Waals surface area contributed by atoms with Gasteiger partial charge in [0.15, 0.2) is 0 Å². The number of aryl methyl sites for hydroxylation is 1. The topological polar surface area (TPSA) is 55.8 Å². The Hall–Kier alpha value is -2.93. The molecule has 0 amide bonds. The van der Waals surface area contributed by atoms with E-state index in [1.54, 1.807) is 14.0 Å². The highest BCUT2D eigenvalue weighted by Crippen LogP contribution is 2.37. The summed E-state index contributed by atoms with van der Waals surface area (Å²) in [6.45, 7) is 1.72. The summed E-state index contributed by atoms with van der Waals surface area (Å²) in [6.07, 6.45) is 1.95. The molecule has 0 spiro atoms. The minimum absolute atomic E-state index is 0.00111. The lowest BCUT2D eigenvalue weighted by molar-refractivity contribution is -0.137. The van der Waals surface area contributed by atoms with Crippen molar-refractivity contribution in [2.45, 2.75) is 38.2 Å². The van der Waals surface area contributed by atoms with Gasteiger partial charge in [-0.3, -0.25) is 4.79 Å². The van der Waals surface area contributed by atoms with E-state index in [0.29, 0.717) is 0 Å². The second kappa shape index (κ2) is 7.97. The summed E-state index contributed by atoms with van der Waals surface area (Å²) in [5.74, 6) is 6.27. The normalized spacial score (nSPS) is 16.2. The SMILES string of the molecule is CC#CC(CC(=O)O)c1ccc(OC2CCc3cc(OC)ccc32)cc1. The number of methoxy groups -OCH3 is 1. The highest BCUT2D eigenvalue weighted by molar-refractivity contribution is 5.69. The van der Waals surface area contributed by atoms with Gasteiger partial charge < -0.3 is 14.6 Å². The molecule has 0 heterocycles. The third-order valence-electron chi connectivity index (χ3n) is 4.63. The van der Waals surface area contributed by atoms with Crippen LogP contribution < -0.4 is 9.47 Å². The lowest BCUT2D eigenvalue weighted by atomic mass is 9.96. The Labute approximate surface area is 153 Å². The number of benzene rings is 2. The number of rotatable bonds is 6. The molecule has 134 valence electrons. The largest absolute Gasteiger partial charge is 0.497 e. The van der Waals surface area contributed by atoms with Gasteiger partial charge in [-0.1, -0.05) is 24.1 Å². The van der Waals surface area contributed by atoms with Gasteiger partial charge >= 0.3 is 5.97 Å². The molecule has 4 heteroatoms. The molecule has 2 atom stereocenters. The molecule has 2 aromatic carbocycles. The molecule has 0 aliphatic heterocycles. The predicted octanol–water partition coefficient (Wildman–Crippen LogP) is 4.34. The molecule has 0 fully saturated rings. The lowest BCUT2D eigenvalue weighted by Crippen LogP contribution is -2.06. The van der Waals surface area contributed by atoms with Gasteiger partial charge in [-0.15, -0.1) is 5.92 Å². The second-order valence-electron chi connectivity index (χ2n) is 6.32. The number of ether oxygens (including phenoxy) is 2. The summed E-state index contributed by atoms with van der Waals surface area (Å²) in [6, 6.07) is 13.7. The van der Waals surface area contributed by atoms with E-state index in [2.05, 4.69) is 24.0 Å². The zero-order valence-corrected chi connectivity index (χ0v) is 15.0. The van der Waals surface area contributed by atoms with E-state index in [-0.39, 0.29) is 18.4 Å². The van der Waals surface area contributed by atoms with Crippen LogP contribution in [0.25, 0.3) is 0 Å². The molecule has 2 aromatic rings. The molecule has 26 heavy (non-hydrogen) atoms. The van der Waals surface area contributed by atoms with Crippen LogP contribution in [0.5, 0.6) is 11.5 Å². The predicted molar refractivity (Wildman–Crippen MR) is 99.6 cm³/mol. The van der Waals surface area contributed by atoms with Gasteiger partial charge in [0, 0.05) is 0 Å². The van der Waals surface area contributed by atoms with Crippen molar-refractivity contribution in [2.75, 3.05) is 7.11 Å². The van der Waals surface area contributed by atoms with E-state index in [1.165, 1.54) is 11.1 Å². The molecule has 0 aromatic heterocycles. The van der Waals surface area contributed by atoms with Crippen LogP contribution in [0.1, 0.15) is 48.5 Å². The van der Waals surface area contributed by atoms with Crippen molar-refractivity contribution in [1.82, 2.24) is 0 Å². The fraction of sp³-hybridized carbons (Fsp3) is 0.318. The third-order valence-corrected chi connectivity index (χ3v) is 4.63. The third kappa shape index (κ3) is 4.00. The average Bonchev–Trinajstić information content (AvgIpc) is 3.03. The van der Waals surface area contributed by atoms with E-state index in [4.69, 9.17) is 14.6 Å². The van der Waals surface area contributed by atoms with Crippen LogP contribution in [0.4, 0.5) is 0 Å². The quantitative estimate of drug-likeness (QED) is 0.787. The number of fused-ring (bicyclic) bond motifs is 1. The number of aliphatic carboxylic acids is 1. The summed E-state index contributed by atoms with van der Waals surface area (Å²) in [5, 5.41) is 9.05. The van der Waals surface area contributed by atoms with E-state index in [0.717, 1.165) is 29.9 Å². The first-order valence-electron chi connectivity index (χ1n) is 8.68. The van der Waals surface area contributed by atoms with Crippen LogP contribution in [-0.4, -0.2) is 18.2 Å². The lowest BCUT2D eigenvalue weighted by Gasteiger charge is -2.16. The first kappa shape index (κ1) is 17.9. The number of hydrogen-bond acceptors (Lipinski definition) is 3. The maximum atomic E-state index is 11.0. The van der Waals surface area contributed by atoms with Gasteiger partial charge in [-0.2, -0.15) is 0 Å². The summed E-state index contributed by atoms with van der Waals surface area (Å²) in [4.78, 5) is 11.0. The van der Waals surface area contributed by atoms with Crippen molar-refractivity contribution in [3.05, 3.63) is 59.2 Å². The molecule has 3 rings (SSSR count). The number of carboxylic acids is 1. The Balaban J connectivity index is 1.72. The highest BCUT2D eigenvalue weighted by atomic mass is 16.5. The molecular weight excluding hydrogens is 328 g/mol. The smallest absolute Gasteiger partial charge is 0.304 e. The van der Waals surface area contributed by atoms with Gasteiger partial charge in [-0.25, -0.2) is 0 Å². The first-order valence-corrected chi connectivity index (χ1v) is 8.68. The van der Waals surface area contributed by atoms with Gasteiger partial charge in [0.2, 0.25) is 0 Å². The Morgan fingerprint density at radius 2 is 1.96 bits per heavy atom. The van der Waals surface area contributed by atoms with Crippen LogP contribution in [0.3, 0.4) is 0 Å². The van der Waals surface area contributed by atoms with Crippen LogP contribution in [0, 0.1) is 11.8 Å². The molecule has 0 saturated carbocycles. The molecule has 0 saturated heterocycles. The Morgan fingerprint density at radius 1 is 1.23 bits per heavy atom. The van der Waals surface area contributed by atoms with E-state index in [1.807, 2.05) is 30.3 Å². The van der Waals surface area contributed by atoms with Crippen molar-refractivity contribution in [3.63, 3.8) is 0 Å². The van der Waals surface area contributed by atoms with Crippen LogP contribution in [0.15, 0.2) is 42.5 Å². The van der Waals surface area contributed by atoms with Gasteiger partial charge in [0.1, 0.15) is 17.6 Å². The number of hydrogen-bond donors (Lipinski definition) is 1. The van der Waals surface area contributed by atoms with Gasteiger partial charge in [0.25, 0.3) is 0 Å². The Bertz CT molecular complexity index is 843. The molecule has 1 aliphatic rings. The summed E-state index contributed by atoms with van der Waals surface area (Å²) >= 11 is 0. The van der Waals surface area contributed by atoms with Crippen LogP contribution in [0.2, 0.25) is 0 Å². The van der Waals surface area contributed by atoms with Crippen LogP contribution in [-0.2, 0) is 11.2 Å². The van der Waals surface area contributed by atoms with Crippen molar-refractivity contribution in [2.24, 2.45) is 0 Å². The minimum Gasteiger partial charge on any atom is -0.497 e. The molecule has 4 nitrogen and oxygen atoms in total. The number of carbonyl (C=O) groups is 1.